The standard InChI is InChI=1S/C56H59N9O6S/c1-62-47-32-40(15-16-43(47)52(61-62)44-17-19-50(66)59-54(44)68)64-28-20-35(21-29-64)7-6-25-63-26-22-36(23-27-63)38-9-4-10-41(31-38)71-34-39-14-18-49(58-51(39)55(69)70)65-30-24-37-8-5-11-42(45(37)33-65)53(67)60-56-57-46-12-2-3-13-48(46)72-56/h2-5,8-16,18,31-32,35-36,44H,6-7,17,19-30,33-34H2,1H3,(H,69,70)(H,57,60,67)(H,59,66,68). The summed E-state index contributed by atoms with van der Waals surface area (Å²) in [5.41, 5.74) is 8.04. The molecule has 15 nitrogen and oxygen atoms in total. The summed E-state index contributed by atoms with van der Waals surface area (Å²) in [4.78, 5) is 66.9. The van der Waals surface area contributed by atoms with Crippen LogP contribution in [-0.4, -0.2) is 92.7 Å². The van der Waals surface area contributed by atoms with Crippen molar-refractivity contribution in [2.24, 2.45) is 13.0 Å². The summed E-state index contributed by atoms with van der Waals surface area (Å²) in [5.74, 6) is 0.200. The third-order valence-electron chi connectivity index (χ3n) is 15.3. The number of aryl methyl sites for hydroxylation is 1. The zero-order valence-corrected chi connectivity index (χ0v) is 41.3. The fourth-order valence-electron chi connectivity index (χ4n) is 11.3. The number of pyridine rings is 1. The van der Waals surface area contributed by atoms with Gasteiger partial charge in [-0.05, 0) is 160 Å². The molecule has 72 heavy (non-hydrogen) atoms. The molecule has 3 aromatic heterocycles. The van der Waals surface area contributed by atoms with Gasteiger partial charge in [0.05, 0.1) is 27.3 Å². The van der Waals surface area contributed by atoms with Gasteiger partial charge in [0.25, 0.3) is 5.91 Å². The number of rotatable bonds is 14. The minimum absolute atomic E-state index is 0.0438. The number of amides is 3. The summed E-state index contributed by atoms with van der Waals surface area (Å²) in [6, 6.07) is 31.9. The zero-order chi connectivity index (χ0) is 49.3. The van der Waals surface area contributed by atoms with Gasteiger partial charge in [-0.3, -0.25) is 29.7 Å². The van der Waals surface area contributed by atoms with E-state index in [0.29, 0.717) is 66.1 Å². The number of benzene rings is 4. The van der Waals surface area contributed by atoms with Crippen molar-refractivity contribution in [3.05, 3.63) is 136 Å². The minimum atomic E-state index is -1.12. The summed E-state index contributed by atoms with van der Waals surface area (Å²) >= 11 is 1.44. The number of anilines is 3. The molecule has 1 atom stereocenters. The van der Waals surface area contributed by atoms with E-state index in [-0.39, 0.29) is 30.0 Å². The number of aromatic carboxylic acids is 1. The second-order valence-electron chi connectivity index (χ2n) is 19.8. The molecule has 0 aliphatic carbocycles. The lowest BCUT2D eigenvalue weighted by atomic mass is 9.88. The van der Waals surface area contributed by atoms with Crippen LogP contribution in [0.3, 0.4) is 0 Å². The van der Waals surface area contributed by atoms with E-state index >= 15 is 0 Å². The number of nitrogens with zero attached hydrogens (tertiary/aromatic N) is 7. The Morgan fingerprint density at radius 2 is 1.68 bits per heavy atom. The van der Waals surface area contributed by atoms with Crippen LogP contribution in [0, 0.1) is 5.92 Å². The fraction of sp³-hybridized carbons (Fsp3) is 0.375. The predicted octanol–water partition coefficient (Wildman–Crippen LogP) is 9.07. The van der Waals surface area contributed by atoms with Crippen LogP contribution in [-0.2, 0) is 36.2 Å². The average Bonchev–Trinajstić information content (AvgIpc) is 3.97. The van der Waals surface area contributed by atoms with Gasteiger partial charge in [0, 0.05) is 61.8 Å². The number of fused-ring (bicyclic) bond motifs is 3. The van der Waals surface area contributed by atoms with E-state index in [1.54, 1.807) is 6.07 Å². The van der Waals surface area contributed by atoms with Crippen LogP contribution in [0.25, 0.3) is 21.1 Å². The van der Waals surface area contributed by atoms with Crippen molar-refractivity contribution >= 4 is 72.8 Å². The van der Waals surface area contributed by atoms with E-state index in [9.17, 15) is 24.3 Å². The third kappa shape index (κ3) is 10.0. The van der Waals surface area contributed by atoms with E-state index in [2.05, 4.69) is 60.7 Å². The maximum atomic E-state index is 13.6. The molecule has 370 valence electrons. The molecule has 4 aliphatic heterocycles. The number of imide groups is 1. The zero-order valence-electron chi connectivity index (χ0n) is 40.5. The first-order valence-electron chi connectivity index (χ1n) is 25.4. The summed E-state index contributed by atoms with van der Waals surface area (Å²) in [5, 5.41) is 22.0. The van der Waals surface area contributed by atoms with Crippen molar-refractivity contribution in [3.63, 3.8) is 0 Å². The Morgan fingerprint density at radius 1 is 0.847 bits per heavy atom. The quantitative estimate of drug-likeness (QED) is 0.0884. The summed E-state index contributed by atoms with van der Waals surface area (Å²) in [7, 11) is 1.92. The van der Waals surface area contributed by atoms with Gasteiger partial charge in [-0.15, -0.1) is 0 Å². The van der Waals surface area contributed by atoms with Gasteiger partial charge in [-0.2, -0.15) is 5.10 Å². The van der Waals surface area contributed by atoms with E-state index < -0.39 is 11.9 Å². The molecule has 0 bridgehead atoms. The highest BCUT2D eigenvalue weighted by atomic mass is 32.1. The van der Waals surface area contributed by atoms with Gasteiger partial charge in [-0.25, -0.2) is 14.8 Å². The molecular formula is C56H59N9O6S. The number of hydrogen-bond donors (Lipinski definition) is 3. The maximum absolute atomic E-state index is 13.6. The van der Waals surface area contributed by atoms with Crippen molar-refractivity contribution in [2.45, 2.75) is 82.8 Å². The van der Waals surface area contributed by atoms with Gasteiger partial charge < -0.3 is 24.5 Å². The number of ether oxygens (including phenoxy) is 1. The van der Waals surface area contributed by atoms with Gasteiger partial charge in [-0.1, -0.05) is 47.7 Å². The highest BCUT2D eigenvalue weighted by Gasteiger charge is 2.32. The van der Waals surface area contributed by atoms with Crippen LogP contribution in [0.4, 0.5) is 16.6 Å². The van der Waals surface area contributed by atoms with E-state index in [0.717, 1.165) is 89.4 Å². The lowest BCUT2D eigenvalue weighted by Gasteiger charge is -2.35. The maximum Gasteiger partial charge on any atom is 0.354 e. The van der Waals surface area contributed by atoms with Gasteiger partial charge in [0.2, 0.25) is 11.8 Å². The molecule has 3 fully saturated rings. The molecule has 4 aliphatic rings. The minimum Gasteiger partial charge on any atom is -0.489 e. The predicted molar refractivity (Wildman–Crippen MR) is 279 cm³/mol. The molecule has 3 saturated heterocycles. The smallest absolute Gasteiger partial charge is 0.354 e. The SMILES string of the molecule is Cn1nc(C2CCC(=O)NC2=O)c2ccc(N3CCC(CCCN4CCC(c5cccc(OCc6ccc(N7CCc8cccc(C(=O)Nc9nc%10ccccc%10s9)c8C7)nc6C(=O)O)c5)CC4)CC3)cc21. The first-order chi connectivity index (χ1) is 35.1. The number of carbonyl (C=O) groups is 4. The number of carbonyl (C=O) groups excluding carboxylic acids is 3. The number of hydrogen-bond acceptors (Lipinski definition) is 12. The van der Waals surface area contributed by atoms with Gasteiger partial charge in [0.15, 0.2) is 10.8 Å². The monoisotopic (exact) mass is 985 g/mol. The van der Waals surface area contributed by atoms with Crippen LogP contribution in [0.1, 0.15) is 112 Å². The Bertz CT molecular complexity index is 3160. The summed E-state index contributed by atoms with van der Waals surface area (Å²) in [6.45, 7) is 6.44. The second kappa shape index (κ2) is 20.5. The van der Waals surface area contributed by atoms with E-state index in [4.69, 9.17) is 9.84 Å². The summed E-state index contributed by atoms with van der Waals surface area (Å²) in [6.07, 6.45) is 8.49. The molecule has 0 spiro atoms. The molecule has 3 amide bonds. The number of aromatic nitrogens is 4. The van der Waals surface area contributed by atoms with Crippen molar-refractivity contribution in [1.82, 2.24) is 30.0 Å². The number of carboxylic acid groups (broad SMARTS) is 1. The topological polar surface area (TPSA) is 175 Å². The number of carboxylic acids is 1. The highest BCUT2D eigenvalue weighted by molar-refractivity contribution is 7.22. The Hall–Kier alpha value is -7.17. The third-order valence-corrected chi connectivity index (χ3v) is 16.3. The fourth-order valence-corrected chi connectivity index (χ4v) is 12.2. The molecule has 7 aromatic rings. The Labute approximate surface area is 422 Å². The van der Waals surface area contributed by atoms with Crippen LogP contribution in [0.15, 0.2) is 97.1 Å². The number of para-hydroxylation sites is 1. The van der Waals surface area contributed by atoms with E-state index in [1.165, 1.54) is 48.3 Å². The lowest BCUT2D eigenvalue weighted by molar-refractivity contribution is -0.134. The Morgan fingerprint density at radius 3 is 2.50 bits per heavy atom. The molecule has 4 aromatic carbocycles. The van der Waals surface area contributed by atoms with Crippen LogP contribution in [0.5, 0.6) is 5.75 Å². The molecule has 16 heteroatoms. The van der Waals surface area contributed by atoms with Crippen LogP contribution < -0.4 is 25.2 Å². The average molecular weight is 986 g/mol. The van der Waals surface area contributed by atoms with Crippen molar-refractivity contribution in [1.29, 1.82) is 0 Å². The second-order valence-corrected chi connectivity index (χ2v) is 20.8. The number of nitrogens with one attached hydrogen (secondary N) is 2. The first kappa shape index (κ1) is 47.2. The molecular weight excluding hydrogens is 927 g/mol. The molecule has 7 heterocycles. The van der Waals surface area contributed by atoms with Gasteiger partial charge in [0.1, 0.15) is 18.2 Å². The number of thiazole rings is 1. The largest absolute Gasteiger partial charge is 0.489 e. The number of piperidine rings is 3. The first-order valence-corrected chi connectivity index (χ1v) is 26.2. The van der Waals surface area contributed by atoms with Gasteiger partial charge >= 0.3 is 5.97 Å². The Balaban J connectivity index is 0.637. The molecule has 3 N–H and O–H groups in total. The molecule has 1 unspecified atom stereocenters. The molecule has 0 saturated carbocycles. The van der Waals surface area contributed by atoms with Crippen LogP contribution >= 0.6 is 11.3 Å². The number of likely N-dealkylation sites (tertiary alicyclic amines) is 1. The van der Waals surface area contributed by atoms with Crippen molar-refractivity contribution in [3.8, 4) is 5.75 Å². The highest BCUT2D eigenvalue weighted by Crippen LogP contribution is 2.36. The molecule has 11 rings (SSSR count). The lowest BCUT2D eigenvalue weighted by Crippen LogP contribution is -2.39. The van der Waals surface area contributed by atoms with E-state index in [1.807, 2.05) is 77.3 Å². The van der Waals surface area contributed by atoms with Crippen molar-refractivity contribution < 1.29 is 29.0 Å². The molecule has 0 radical (unpaired) electrons. The van der Waals surface area contributed by atoms with Crippen LogP contribution in [0.2, 0.25) is 0 Å². The Kier molecular flexibility index (Phi) is 13.4. The summed E-state index contributed by atoms with van der Waals surface area (Å²) < 4.78 is 9.13. The van der Waals surface area contributed by atoms with Crippen molar-refractivity contribution in [2.75, 3.05) is 54.4 Å². The normalized spacial score (nSPS) is 18.1.